The molecule has 0 aliphatic carbocycles. The Morgan fingerprint density at radius 3 is 2.61 bits per heavy atom. The van der Waals surface area contributed by atoms with Crippen molar-refractivity contribution < 1.29 is 37.4 Å². The number of carbonyl (C=O) groups is 1. The van der Waals surface area contributed by atoms with Crippen molar-refractivity contribution in [2.24, 2.45) is 0 Å². The molecule has 1 fully saturated rings. The van der Waals surface area contributed by atoms with Crippen molar-refractivity contribution in [1.29, 1.82) is 0 Å². The third-order valence-corrected chi connectivity index (χ3v) is 7.14. The molecule has 0 radical (unpaired) electrons. The maximum Gasteiger partial charge on any atom is 0.459 e. The fourth-order valence-corrected chi connectivity index (χ4v) is 5.12. The number of halogens is 1. The first kappa shape index (κ1) is 28.2. The third-order valence-electron chi connectivity index (χ3n) is 5.26. The van der Waals surface area contributed by atoms with Crippen LogP contribution in [0.5, 0.6) is 5.75 Å². The average Bonchev–Trinajstić information content (AvgIpc) is 3.01. The van der Waals surface area contributed by atoms with Crippen LogP contribution in [0.2, 0.25) is 0 Å². The Labute approximate surface area is 212 Å². The molecule has 14 heteroatoms. The highest BCUT2D eigenvalue weighted by Gasteiger charge is 2.55. The highest BCUT2D eigenvalue weighted by molar-refractivity contribution is 7.71. The molecule has 198 valence electrons. The molecule has 0 saturated carbocycles. The molecule has 3 N–H and O–H groups in total. The Bertz CT molecular complexity index is 1220. The van der Waals surface area contributed by atoms with Crippen molar-refractivity contribution in [3.8, 4) is 5.75 Å². The van der Waals surface area contributed by atoms with Crippen LogP contribution in [-0.4, -0.2) is 57.3 Å². The second-order valence-corrected chi connectivity index (χ2v) is 10.8. The Morgan fingerprint density at radius 2 is 2.00 bits per heavy atom. The molecule has 0 amide bonds. The van der Waals surface area contributed by atoms with Crippen LogP contribution in [-0.2, 0) is 23.4 Å². The lowest BCUT2D eigenvalue weighted by Gasteiger charge is -2.25. The molecule has 1 saturated heterocycles. The number of ether oxygens (including phenoxy) is 2. The van der Waals surface area contributed by atoms with E-state index in [0.29, 0.717) is 0 Å². The number of alkyl halides is 1. The van der Waals surface area contributed by atoms with Gasteiger partial charge in [-0.05, 0) is 45.9 Å². The minimum Gasteiger partial charge on any atom is -0.462 e. The lowest BCUT2D eigenvalue weighted by Crippen LogP contribution is -2.43. The maximum atomic E-state index is 15.5. The number of aliphatic hydroxyl groups is 1. The van der Waals surface area contributed by atoms with E-state index in [-0.39, 0.29) is 10.4 Å². The van der Waals surface area contributed by atoms with E-state index in [4.69, 9.17) is 30.7 Å². The molecular formula is C22H29FN3O8PS. The van der Waals surface area contributed by atoms with Gasteiger partial charge < -0.3 is 19.1 Å². The Morgan fingerprint density at radius 1 is 1.33 bits per heavy atom. The van der Waals surface area contributed by atoms with Gasteiger partial charge in [0.25, 0.3) is 0 Å². The van der Waals surface area contributed by atoms with Gasteiger partial charge in [0.1, 0.15) is 28.6 Å². The Balaban J connectivity index is 1.80. The molecule has 2 aromatic rings. The van der Waals surface area contributed by atoms with Gasteiger partial charge in [-0.2, -0.15) is 5.09 Å². The molecule has 2 heterocycles. The van der Waals surface area contributed by atoms with Crippen molar-refractivity contribution >= 4 is 25.9 Å². The predicted octanol–water partition coefficient (Wildman–Crippen LogP) is 3.03. The van der Waals surface area contributed by atoms with Crippen LogP contribution >= 0.6 is 20.0 Å². The summed E-state index contributed by atoms with van der Waals surface area (Å²) in [4.78, 5) is 26.9. The molecule has 0 spiro atoms. The van der Waals surface area contributed by atoms with E-state index in [0.717, 1.165) is 11.5 Å². The normalized spacial score (nSPS) is 26.4. The number of rotatable bonds is 10. The number of carbonyl (C=O) groups excluding carboxylic acids is 1. The Kier molecular flexibility index (Phi) is 8.86. The summed E-state index contributed by atoms with van der Waals surface area (Å²) in [5.74, 6) is -0.523. The standard InChI is InChI=1S/C22H29FN3O8PS/c1-13(2)32-19(28)14(3)25-35(30,34-15-8-6-5-7-9-15)31-12-16-18(27)22(4,23)20(33-16)26-11-10-17(36)24-21(26)29/h5-11,13-14,16,18,20,27H,12H2,1-4H3,(H,25,30)(H,24,29,36)/t14-,16?,18-,20+,22?,35?/m0/s1. The van der Waals surface area contributed by atoms with Gasteiger partial charge >= 0.3 is 19.4 Å². The number of benzene rings is 1. The van der Waals surface area contributed by atoms with Gasteiger partial charge in [-0.3, -0.25) is 18.9 Å². The Hall–Kier alpha value is -2.41. The molecule has 1 aliphatic rings. The van der Waals surface area contributed by atoms with Gasteiger partial charge in [0, 0.05) is 6.20 Å². The molecule has 6 atom stereocenters. The van der Waals surface area contributed by atoms with Gasteiger partial charge in [0.05, 0.1) is 12.7 Å². The average molecular weight is 546 g/mol. The van der Waals surface area contributed by atoms with Crippen molar-refractivity contribution in [3.63, 3.8) is 0 Å². The monoisotopic (exact) mass is 545 g/mol. The number of H-pyrrole nitrogens is 1. The van der Waals surface area contributed by atoms with Gasteiger partial charge in [-0.25, -0.2) is 13.8 Å². The zero-order valence-corrected chi connectivity index (χ0v) is 21.8. The molecule has 3 unspecified atom stereocenters. The minimum absolute atomic E-state index is 0.144. The lowest BCUT2D eigenvalue weighted by molar-refractivity contribution is -0.149. The summed E-state index contributed by atoms with van der Waals surface area (Å²) in [7, 11) is -4.28. The summed E-state index contributed by atoms with van der Waals surface area (Å²) < 4.78 is 51.9. The number of para-hydroxylation sites is 1. The van der Waals surface area contributed by atoms with Gasteiger partial charge in [-0.1, -0.05) is 30.4 Å². The van der Waals surface area contributed by atoms with E-state index in [2.05, 4.69) is 10.1 Å². The predicted molar refractivity (Wildman–Crippen MR) is 130 cm³/mol. The summed E-state index contributed by atoms with van der Waals surface area (Å²) in [6.07, 6.45) is -3.79. The first-order chi connectivity index (χ1) is 16.8. The van der Waals surface area contributed by atoms with Crippen LogP contribution in [0.4, 0.5) is 4.39 Å². The quantitative estimate of drug-likeness (QED) is 0.232. The molecule has 1 aliphatic heterocycles. The molecule has 3 rings (SSSR count). The number of nitrogens with zero attached hydrogens (tertiary/aromatic N) is 1. The second-order valence-electron chi connectivity index (χ2n) is 8.67. The van der Waals surface area contributed by atoms with E-state index in [1.165, 1.54) is 31.3 Å². The van der Waals surface area contributed by atoms with Gasteiger partial charge in [0.15, 0.2) is 11.9 Å². The first-order valence-electron chi connectivity index (χ1n) is 11.1. The summed E-state index contributed by atoms with van der Waals surface area (Å²) in [5, 5.41) is 13.1. The number of aromatic amines is 1. The van der Waals surface area contributed by atoms with E-state index < -0.39 is 62.3 Å². The largest absolute Gasteiger partial charge is 0.462 e. The van der Waals surface area contributed by atoms with E-state index in [1.54, 1.807) is 32.0 Å². The SMILES string of the molecule is CC(C)OC(=O)[C@H](C)NP(=O)(OCC1O[C@@H](n2ccc(=S)[nH]c2=O)C(C)(F)[C@H]1O)Oc1ccccc1. The highest BCUT2D eigenvalue weighted by Crippen LogP contribution is 2.47. The van der Waals surface area contributed by atoms with Crippen molar-refractivity contribution in [3.05, 3.63) is 57.7 Å². The summed E-state index contributed by atoms with van der Waals surface area (Å²) in [6, 6.07) is 8.32. The topological polar surface area (TPSA) is 141 Å². The molecule has 36 heavy (non-hydrogen) atoms. The molecule has 0 bridgehead atoms. The maximum absolute atomic E-state index is 15.5. The van der Waals surface area contributed by atoms with Crippen molar-refractivity contribution in [1.82, 2.24) is 14.6 Å². The van der Waals surface area contributed by atoms with E-state index in [9.17, 15) is 19.3 Å². The number of aliphatic hydroxyl groups excluding tert-OH is 1. The first-order valence-corrected chi connectivity index (χ1v) is 13.1. The highest BCUT2D eigenvalue weighted by atomic mass is 32.1. The van der Waals surface area contributed by atoms with E-state index >= 15 is 4.39 Å². The second kappa shape index (κ2) is 11.3. The van der Waals surface area contributed by atoms with Gasteiger partial charge in [0.2, 0.25) is 0 Å². The van der Waals surface area contributed by atoms with Gasteiger partial charge in [-0.15, -0.1) is 0 Å². The zero-order valence-electron chi connectivity index (χ0n) is 20.1. The summed E-state index contributed by atoms with van der Waals surface area (Å²) >= 11 is 4.89. The van der Waals surface area contributed by atoms with Crippen LogP contribution < -0.4 is 15.3 Å². The molecule has 11 nitrogen and oxygen atoms in total. The summed E-state index contributed by atoms with van der Waals surface area (Å²) in [5.41, 5.74) is -3.15. The number of aromatic nitrogens is 2. The molecular weight excluding hydrogens is 516 g/mol. The van der Waals surface area contributed by atoms with Crippen LogP contribution in [0.25, 0.3) is 0 Å². The minimum atomic E-state index is -4.28. The third kappa shape index (κ3) is 6.67. The number of hydrogen-bond acceptors (Lipinski definition) is 9. The summed E-state index contributed by atoms with van der Waals surface area (Å²) in [6.45, 7) is 5.21. The van der Waals surface area contributed by atoms with Crippen molar-refractivity contribution in [2.75, 3.05) is 6.61 Å². The van der Waals surface area contributed by atoms with Crippen molar-refractivity contribution in [2.45, 2.75) is 63.9 Å². The zero-order chi connectivity index (χ0) is 26.7. The number of nitrogens with one attached hydrogen (secondary N) is 2. The van der Waals surface area contributed by atoms with Crippen LogP contribution in [0, 0.1) is 4.64 Å². The van der Waals surface area contributed by atoms with Crippen LogP contribution in [0.15, 0.2) is 47.4 Å². The van der Waals surface area contributed by atoms with Crippen LogP contribution in [0.3, 0.4) is 0 Å². The number of esters is 1. The molecule has 1 aromatic heterocycles. The lowest BCUT2D eigenvalue weighted by atomic mass is 9.98. The van der Waals surface area contributed by atoms with Crippen LogP contribution in [0.1, 0.15) is 33.9 Å². The van der Waals surface area contributed by atoms with E-state index in [1.807, 2.05) is 0 Å². The molecule has 1 aromatic carbocycles. The fourth-order valence-electron chi connectivity index (χ4n) is 3.47. The smallest absolute Gasteiger partial charge is 0.459 e. The number of hydrogen-bond donors (Lipinski definition) is 3. The fraction of sp³-hybridized carbons (Fsp3) is 0.500.